The molecule has 0 bridgehead atoms. The molecule has 0 spiro atoms. The van der Waals surface area contributed by atoms with Crippen molar-refractivity contribution < 1.29 is 14.8 Å². The van der Waals surface area contributed by atoms with Crippen LogP contribution in [0.15, 0.2) is 18.2 Å². The second-order valence-corrected chi connectivity index (χ2v) is 3.17. The van der Waals surface area contributed by atoms with E-state index >= 15 is 0 Å². The molecule has 0 saturated carbocycles. The predicted octanol–water partition coefficient (Wildman–Crippen LogP) is 1.64. The Bertz CT molecular complexity index is 490. The Morgan fingerprint density at radius 2 is 1.59 bits per heavy atom. The fourth-order valence-electron chi connectivity index (χ4n) is 1.06. The van der Waals surface area contributed by atoms with Crippen LogP contribution in [0.4, 0.5) is 5.69 Å². The molecule has 0 aromatic heterocycles. The van der Waals surface area contributed by atoms with Crippen LogP contribution in [-0.4, -0.2) is 14.8 Å². The van der Waals surface area contributed by atoms with E-state index in [2.05, 4.69) is 0 Å². The normalized spacial score (nSPS) is 9.71. The monoisotopic (exact) mass is 260 g/mol. The predicted molar refractivity (Wildman–Crippen MR) is 54.4 cm³/mol. The molecule has 0 saturated heterocycles. The van der Waals surface area contributed by atoms with Crippen LogP contribution in [0.5, 0.6) is 0 Å². The number of nitrogens with zero attached hydrogens (tertiary/aromatic N) is 3. The fourth-order valence-corrected chi connectivity index (χ4v) is 1.32. The Morgan fingerprint density at radius 1 is 1.06 bits per heavy atom. The standard InChI is InChI=1S/C7H3ClN3O6/c8-6-3-4(9(12)13)1-2-5(6)7(10(14)15)11(16)17/h1-3H/q-1. The van der Waals surface area contributed by atoms with Crippen molar-refractivity contribution in [1.82, 2.24) is 0 Å². The van der Waals surface area contributed by atoms with Crippen LogP contribution in [0, 0.1) is 36.5 Å². The summed E-state index contributed by atoms with van der Waals surface area (Å²) in [4.78, 5) is 28.1. The minimum absolute atomic E-state index is 0.412. The molecule has 17 heavy (non-hydrogen) atoms. The molecule has 0 atom stereocenters. The third-order valence-corrected chi connectivity index (χ3v) is 2.06. The van der Waals surface area contributed by atoms with Gasteiger partial charge >= 0.3 is 6.17 Å². The highest BCUT2D eigenvalue weighted by atomic mass is 35.5. The summed E-state index contributed by atoms with van der Waals surface area (Å²) in [5.74, 6) is 0. The second-order valence-electron chi connectivity index (χ2n) is 2.76. The van der Waals surface area contributed by atoms with Gasteiger partial charge in [0, 0.05) is 0 Å². The largest absolute Gasteiger partial charge is 0.461 e. The molecule has 9 nitrogen and oxygen atoms in total. The number of nitro groups is 3. The third-order valence-electron chi connectivity index (χ3n) is 1.75. The molecule has 0 heterocycles. The molecule has 10 heteroatoms. The first-order valence-electron chi connectivity index (χ1n) is 3.94. The Morgan fingerprint density at radius 3 is 1.94 bits per heavy atom. The topological polar surface area (TPSA) is 129 Å². The van der Waals surface area contributed by atoms with Gasteiger partial charge in [0.25, 0.3) is 0 Å². The molecule has 0 amide bonds. The van der Waals surface area contributed by atoms with Crippen LogP contribution in [0.3, 0.4) is 0 Å². The van der Waals surface area contributed by atoms with E-state index in [1.54, 1.807) is 0 Å². The summed E-state index contributed by atoms with van der Waals surface area (Å²) in [6.45, 7) is 0. The quantitative estimate of drug-likeness (QED) is 0.459. The van der Waals surface area contributed by atoms with Gasteiger partial charge in [0.15, 0.2) is 0 Å². The number of halogens is 1. The van der Waals surface area contributed by atoms with Crippen molar-refractivity contribution in [2.45, 2.75) is 0 Å². The Hall–Kier alpha value is -2.42. The van der Waals surface area contributed by atoms with Gasteiger partial charge in [-0.05, 0) is 22.7 Å². The molecule has 0 aliphatic heterocycles. The highest BCUT2D eigenvalue weighted by Crippen LogP contribution is 2.28. The molecule has 90 valence electrons. The van der Waals surface area contributed by atoms with E-state index in [1.807, 2.05) is 0 Å². The third kappa shape index (κ3) is 2.58. The van der Waals surface area contributed by atoms with Crippen LogP contribution in [0.2, 0.25) is 5.02 Å². The van der Waals surface area contributed by atoms with Gasteiger partial charge in [-0.1, -0.05) is 0 Å². The van der Waals surface area contributed by atoms with E-state index in [4.69, 9.17) is 11.6 Å². The van der Waals surface area contributed by atoms with E-state index in [0.29, 0.717) is 0 Å². The van der Waals surface area contributed by atoms with Gasteiger partial charge in [-0.25, -0.2) is 0 Å². The lowest BCUT2D eigenvalue weighted by atomic mass is 10.1. The van der Waals surface area contributed by atoms with Crippen molar-refractivity contribution in [3.05, 3.63) is 65.3 Å². The van der Waals surface area contributed by atoms with Gasteiger partial charge in [0.1, 0.15) is 0 Å². The Labute approximate surface area is 98.1 Å². The number of hydrogen-bond donors (Lipinski definition) is 0. The molecule has 1 aromatic carbocycles. The second kappa shape index (κ2) is 4.61. The minimum Gasteiger partial charge on any atom is -0.265 e. The summed E-state index contributed by atoms with van der Waals surface area (Å²) in [7, 11) is 0. The van der Waals surface area contributed by atoms with Gasteiger partial charge in [0.2, 0.25) is 5.69 Å². The summed E-state index contributed by atoms with van der Waals surface area (Å²) in [6.07, 6.45) is -1.33. The van der Waals surface area contributed by atoms with Crippen molar-refractivity contribution in [2.75, 3.05) is 0 Å². The Balaban J connectivity index is 3.27. The summed E-state index contributed by atoms with van der Waals surface area (Å²) < 4.78 is 0. The maximum absolute atomic E-state index is 10.4. The lowest BCUT2D eigenvalue weighted by Crippen LogP contribution is -2.21. The van der Waals surface area contributed by atoms with Gasteiger partial charge in [-0.15, -0.1) is 6.07 Å². The molecule has 0 aliphatic rings. The highest BCUT2D eigenvalue weighted by Gasteiger charge is 2.32. The molecule has 0 radical (unpaired) electrons. The van der Waals surface area contributed by atoms with Gasteiger partial charge in [0.05, 0.1) is 14.8 Å². The first-order chi connectivity index (χ1) is 7.84. The van der Waals surface area contributed by atoms with Gasteiger partial charge < -0.3 is 0 Å². The first kappa shape index (κ1) is 12.6. The van der Waals surface area contributed by atoms with Crippen molar-refractivity contribution in [1.29, 1.82) is 0 Å². The molecule has 1 aromatic rings. The van der Waals surface area contributed by atoms with Crippen molar-refractivity contribution in [3.63, 3.8) is 0 Å². The number of benzene rings is 1. The molecule has 0 fully saturated rings. The molecule has 0 aliphatic carbocycles. The van der Waals surface area contributed by atoms with Gasteiger partial charge in [-0.3, -0.25) is 30.3 Å². The molecule has 0 unspecified atom stereocenters. The van der Waals surface area contributed by atoms with Crippen LogP contribution in [0.25, 0.3) is 0 Å². The smallest absolute Gasteiger partial charge is 0.265 e. The SMILES string of the molecule is O=[N+]([O-])c1ccc([C-]([N+](=O)[O-])[N+](=O)[O-])c(Cl)c1. The zero-order valence-corrected chi connectivity index (χ0v) is 8.66. The van der Waals surface area contributed by atoms with E-state index in [0.717, 1.165) is 18.2 Å². The molecule has 0 N–H and O–H groups in total. The molecular weight excluding hydrogens is 258 g/mol. The average molecular weight is 261 g/mol. The first-order valence-corrected chi connectivity index (χ1v) is 4.32. The van der Waals surface area contributed by atoms with E-state index in [9.17, 15) is 30.3 Å². The van der Waals surface area contributed by atoms with Crippen LogP contribution >= 0.6 is 11.6 Å². The van der Waals surface area contributed by atoms with Crippen molar-refractivity contribution >= 4 is 17.3 Å². The number of non-ortho nitro benzene ring substituents is 1. The number of hydrogen-bond acceptors (Lipinski definition) is 6. The van der Waals surface area contributed by atoms with E-state index in [1.165, 1.54) is 0 Å². The van der Waals surface area contributed by atoms with E-state index < -0.39 is 37.2 Å². The minimum atomic E-state index is -1.33. The maximum Gasteiger partial charge on any atom is 0.461 e. The summed E-state index contributed by atoms with van der Waals surface area (Å²) in [5, 5.41) is 30.8. The van der Waals surface area contributed by atoms with Crippen LogP contribution in [-0.2, 0) is 0 Å². The summed E-state index contributed by atoms with van der Waals surface area (Å²) >= 11 is 5.52. The average Bonchev–Trinajstić information content (AvgIpc) is 2.19. The molecule has 1 rings (SSSR count). The highest BCUT2D eigenvalue weighted by molar-refractivity contribution is 6.31. The maximum atomic E-state index is 10.4. The Kier molecular flexibility index (Phi) is 3.43. The molecular formula is C7H3ClN3O6-. The number of rotatable bonds is 4. The lowest BCUT2D eigenvalue weighted by molar-refractivity contribution is -0.660. The number of nitro benzene ring substituents is 1. The lowest BCUT2D eigenvalue weighted by Gasteiger charge is -2.09. The van der Waals surface area contributed by atoms with Crippen LogP contribution < -0.4 is 0 Å². The van der Waals surface area contributed by atoms with Crippen molar-refractivity contribution in [3.8, 4) is 0 Å². The van der Waals surface area contributed by atoms with Gasteiger partial charge in [-0.2, -0.15) is 11.6 Å². The summed E-state index contributed by atoms with van der Waals surface area (Å²) in [5.41, 5.74) is -0.892. The zero-order chi connectivity index (χ0) is 13.2. The fraction of sp³-hybridized carbons (Fsp3) is 0. The van der Waals surface area contributed by atoms with Crippen LogP contribution in [0.1, 0.15) is 5.56 Å². The van der Waals surface area contributed by atoms with Crippen molar-refractivity contribution in [2.24, 2.45) is 0 Å². The van der Waals surface area contributed by atoms with E-state index in [-0.39, 0.29) is 0 Å². The summed E-state index contributed by atoms with van der Waals surface area (Å²) in [6, 6.07) is 2.57. The zero-order valence-electron chi connectivity index (χ0n) is 7.90.